The van der Waals surface area contributed by atoms with Gasteiger partial charge in [0.15, 0.2) is 0 Å². The lowest BCUT2D eigenvalue weighted by Crippen LogP contribution is -2.16. The summed E-state index contributed by atoms with van der Waals surface area (Å²) in [4.78, 5) is 35.7. The minimum absolute atomic E-state index is 0.0252. The van der Waals surface area contributed by atoms with Crippen molar-refractivity contribution in [3.8, 4) is 17.2 Å². The van der Waals surface area contributed by atoms with E-state index in [1.165, 1.54) is 18.2 Å². The molecule has 37 heavy (non-hydrogen) atoms. The topological polar surface area (TPSA) is 109 Å². The molecule has 3 aromatic carbocycles. The van der Waals surface area contributed by atoms with Crippen LogP contribution in [0.3, 0.4) is 0 Å². The molecular weight excluding hydrogens is 519 g/mol. The number of esters is 1. The number of benzene rings is 3. The Morgan fingerprint density at radius 2 is 1.68 bits per heavy atom. The Morgan fingerprint density at radius 3 is 2.30 bits per heavy atom. The standard InChI is InChI=1S/C25H15ClF3NO7/c1-12-7-13(2)9-16(8-12)35-22-21(31)17-5-4-15(11-20(17)37-23(22)25(27,28)29)36-24(32)14-3-6-18(26)19(10-14)30(33)34/h3-11H,1-2H3. The molecule has 0 aliphatic carbocycles. The van der Waals surface area contributed by atoms with Crippen LogP contribution in [0.5, 0.6) is 17.2 Å². The number of halogens is 4. The third kappa shape index (κ3) is 5.41. The van der Waals surface area contributed by atoms with E-state index in [0.717, 1.165) is 30.3 Å². The highest BCUT2D eigenvalue weighted by molar-refractivity contribution is 6.32. The largest absolute Gasteiger partial charge is 0.453 e. The molecular formula is C25H15ClF3NO7. The highest BCUT2D eigenvalue weighted by atomic mass is 35.5. The van der Waals surface area contributed by atoms with Crippen LogP contribution in [0.25, 0.3) is 11.0 Å². The van der Waals surface area contributed by atoms with Crippen LogP contribution in [0.4, 0.5) is 18.9 Å². The van der Waals surface area contributed by atoms with Crippen molar-refractivity contribution < 1.29 is 36.8 Å². The molecule has 0 N–H and O–H groups in total. The Morgan fingerprint density at radius 1 is 1.00 bits per heavy atom. The van der Waals surface area contributed by atoms with E-state index in [1.54, 1.807) is 19.9 Å². The zero-order valence-corrected chi connectivity index (χ0v) is 19.8. The maximum Gasteiger partial charge on any atom is 0.453 e. The number of hydrogen-bond acceptors (Lipinski definition) is 7. The molecule has 8 nitrogen and oxygen atoms in total. The molecule has 0 aliphatic heterocycles. The molecule has 190 valence electrons. The number of nitro benzene ring substituents is 1. The number of carbonyl (C=O) groups excluding carboxylic acids is 1. The summed E-state index contributed by atoms with van der Waals surface area (Å²) in [6, 6.07) is 11.1. The summed E-state index contributed by atoms with van der Waals surface area (Å²) in [6.45, 7) is 3.44. The Hall–Kier alpha value is -4.38. The number of carbonyl (C=O) groups is 1. The van der Waals surface area contributed by atoms with Crippen molar-refractivity contribution in [3.05, 3.63) is 102 Å². The number of aryl methyl sites for hydroxylation is 2. The zero-order valence-electron chi connectivity index (χ0n) is 19.0. The minimum Gasteiger partial charge on any atom is -0.449 e. The predicted molar refractivity (Wildman–Crippen MR) is 127 cm³/mol. The van der Waals surface area contributed by atoms with Gasteiger partial charge in [-0.25, -0.2) is 4.79 Å². The van der Waals surface area contributed by atoms with Crippen molar-refractivity contribution >= 4 is 34.2 Å². The molecule has 0 radical (unpaired) electrons. The fraction of sp³-hybridized carbons (Fsp3) is 0.120. The maximum atomic E-state index is 13.8. The van der Waals surface area contributed by atoms with Gasteiger partial charge in [0, 0.05) is 12.1 Å². The van der Waals surface area contributed by atoms with Crippen molar-refractivity contribution in [2.75, 3.05) is 0 Å². The highest BCUT2D eigenvalue weighted by Gasteiger charge is 2.40. The van der Waals surface area contributed by atoms with Gasteiger partial charge in [0.2, 0.25) is 11.2 Å². The van der Waals surface area contributed by atoms with E-state index in [2.05, 4.69) is 0 Å². The monoisotopic (exact) mass is 533 g/mol. The van der Waals surface area contributed by atoms with E-state index in [1.807, 2.05) is 0 Å². The van der Waals surface area contributed by atoms with Crippen LogP contribution >= 0.6 is 11.6 Å². The van der Waals surface area contributed by atoms with Gasteiger partial charge < -0.3 is 13.9 Å². The van der Waals surface area contributed by atoms with E-state index in [9.17, 15) is 32.9 Å². The molecule has 0 spiro atoms. The summed E-state index contributed by atoms with van der Waals surface area (Å²) in [5.41, 5.74) is -0.938. The van der Waals surface area contributed by atoms with E-state index >= 15 is 0 Å². The summed E-state index contributed by atoms with van der Waals surface area (Å²) in [5, 5.41) is 10.6. The van der Waals surface area contributed by atoms with Gasteiger partial charge in [0.05, 0.1) is 15.9 Å². The number of ether oxygens (including phenoxy) is 2. The van der Waals surface area contributed by atoms with E-state index < -0.39 is 45.3 Å². The van der Waals surface area contributed by atoms with Crippen molar-refractivity contribution in [1.82, 2.24) is 0 Å². The van der Waals surface area contributed by atoms with Gasteiger partial charge >= 0.3 is 12.1 Å². The van der Waals surface area contributed by atoms with Crippen LogP contribution in [0, 0.1) is 24.0 Å². The van der Waals surface area contributed by atoms with Gasteiger partial charge in [-0.15, -0.1) is 0 Å². The molecule has 4 aromatic rings. The quantitative estimate of drug-likeness (QED) is 0.117. The number of fused-ring (bicyclic) bond motifs is 1. The number of rotatable bonds is 5. The fourth-order valence-corrected chi connectivity index (χ4v) is 3.74. The van der Waals surface area contributed by atoms with Gasteiger partial charge in [-0.2, -0.15) is 13.2 Å². The molecule has 0 unspecified atom stereocenters. The van der Waals surface area contributed by atoms with Gasteiger partial charge in [-0.05, 0) is 61.4 Å². The Labute approximate surface area is 210 Å². The third-order valence-corrected chi connectivity index (χ3v) is 5.40. The summed E-state index contributed by atoms with van der Waals surface area (Å²) in [6.07, 6.45) is -5.09. The van der Waals surface area contributed by atoms with E-state index in [-0.39, 0.29) is 27.5 Å². The molecule has 0 saturated heterocycles. The predicted octanol–water partition coefficient (Wildman–Crippen LogP) is 7.00. The van der Waals surface area contributed by atoms with Gasteiger partial charge in [-0.3, -0.25) is 14.9 Å². The normalized spacial score (nSPS) is 11.4. The number of hydrogen-bond donors (Lipinski definition) is 0. The average molecular weight is 534 g/mol. The number of nitrogens with zero attached hydrogens (tertiary/aromatic N) is 1. The maximum absolute atomic E-state index is 13.8. The first-order chi connectivity index (χ1) is 17.3. The highest BCUT2D eigenvalue weighted by Crippen LogP contribution is 2.39. The SMILES string of the molecule is Cc1cc(C)cc(Oc2c(C(F)(F)F)oc3cc(OC(=O)c4ccc(Cl)c([N+](=O)[O-])c4)ccc3c2=O)c1. The first kappa shape index (κ1) is 25.7. The van der Waals surface area contributed by atoms with Crippen LogP contribution in [-0.4, -0.2) is 10.9 Å². The third-order valence-electron chi connectivity index (χ3n) is 5.08. The average Bonchev–Trinajstić information content (AvgIpc) is 2.79. The molecule has 1 aromatic heterocycles. The summed E-state index contributed by atoms with van der Waals surface area (Å²) in [5.74, 6) is -4.00. The van der Waals surface area contributed by atoms with E-state index in [0.29, 0.717) is 11.1 Å². The van der Waals surface area contributed by atoms with Gasteiger partial charge in [0.1, 0.15) is 22.1 Å². The van der Waals surface area contributed by atoms with Crippen molar-refractivity contribution in [2.24, 2.45) is 0 Å². The Bertz CT molecular complexity index is 1610. The summed E-state index contributed by atoms with van der Waals surface area (Å²) < 4.78 is 57.0. The van der Waals surface area contributed by atoms with Crippen molar-refractivity contribution in [1.29, 1.82) is 0 Å². The number of nitro groups is 1. The minimum atomic E-state index is -5.09. The van der Waals surface area contributed by atoms with Crippen LogP contribution in [-0.2, 0) is 6.18 Å². The number of alkyl halides is 3. The zero-order chi connectivity index (χ0) is 27.1. The lowest BCUT2D eigenvalue weighted by atomic mass is 10.1. The smallest absolute Gasteiger partial charge is 0.449 e. The van der Waals surface area contributed by atoms with Crippen LogP contribution in [0.15, 0.2) is 63.8 Å². The molecule has 0 saturated carbocycles. The van der Waals surface area contributed by atoms with Crippen LogP contribution in [0.2, 0.25) is 5.02 Å². The van der Waals surface area contributed by atoms with Crippen LogP contribution < -0.4 is 14.9 Å². The molecule has 0 atom stereocenters. The van der Waals surface area contributed by atoms with Crippen LogP contribution in [0.1, 0.15) is 27.2 Å². The second-order valence-corrected chi connectivity index (χ2v) is 8.39. The first-order valence-corrected chi connectivity index (χ1v) is 10.8. The van der Waals surface area contributed by atoms with Crippen molar-refractivity contribution in [3.63, 3.8) is 0 Å². The summed E-state index contributed by atoms with van der Waals surface area (Å²) in [7, 11) is 0. The molecule has 0 fully saturated rings. The van der Waals surface area contributed by atoms with Gasteiger partial charge in [0.25, 0.3) is 11.4 Å². The lowest BCUT2D eigenvalue weighted by molar-refractivity contribution is -0.384. The van der Waals surface area contributed by atoms with E-state index in [4.69, 9.17) is 25.5 Å². The molecule has 4 rings (SSSR count). The fourth-order valence-electron chi connectivity index (χ4n) is 3.55. The summed E-state index contributed by atoms with van der Waals surface area (Å²) >= 11 is 5.73. The molecule has 0 bridgehead atoms. The molecule has 0 aliphatic rings. The molecule has 12 heteroatoms. The van der Waals surface area contributed by atoms with Gasteiger partial charge in [-0.1, -0.05) is 17.7 Å². The molecule has 0 amide bonds. The second kappa shape index (κ2) is 9.58. The van der Waals surface area contributed by atoms with Crippen molar-refractivity contribution in [2.45, 2.75) is 20.0 Å². The Balaban J connectivity index is 1.74. The Kier molecular flexibility index (Phi) is 6.66. The lowest BCUT2D eigenvalue weighted by Gasteiger charge is -2.14. The first-order valence-electron chi connectivity index (χ1n) is 10.4. The second-order valence-electron chi connectivity index (χ2n) is 7.98. The molecule has 1 heterocycles.